The normalized spacial score (nSPS) is 17.0. The fraction of sp³-hybridized carbons (Fsp3) is 0.190. The van der Waals surface area contributed by atoms with Gasteiger partial charge < -0.3 is 5.11 Å². The van der Waals surface area contributed by atoms with Crippen LogP contribution < -0.4 is 5.01 Å². The van der Waals surface area contributed by atoms with E-state index in [1.54, 1.807) is 18.2 Å². The third kappa shape index (κ3) is 4.36. The van der Waals surface area contributed by atoms with Crippen LogP contribution in [-0.4, -0.2) is 22.7 Å². The van der Waals surface area contributed by atoms with Gasteiger partial charge in [-0.05, 0) is 60.9 Å². The van der Waals surface area contributed by atoms with E-state index in [1.807, 2.05) is 19.1 Å². The quantitative estimate of drug-likeness (QED) is 0.645. The average Bonchev–Trinajstić information content (AvgIpc) is 2.99. The maximum atomic E-state index is 13.2. The SMILES string of the molecule is CCC1=NN(c2ccc(F)cc2)C(=O)C1C/C(=C/c1ccc(Br)cc1)C(=O)O. The molecule has 144 valence electrons. The molecule has 1 atom stereocenters. The van der Waals surface area contributed by atoms with Gasteiger partial charge in [-0.15, -0.1) is 0 Å². The van der Waals surface area contributed by atoms with Crippen molar-refractivity contribution in [1.29, 1.82) is 0 Å². The van der Waals surface area contributed by atoms with Crippen molar-refractivity contribution in [2.24, 2.45) is 11.0 Å². The number of aliphatic carboxylic acids is 1. The number of hydrogen-bond donors (Lipinski definition) is 1. The molecule has 3 rings (SSSR count). The van der Waals surface area contributed by atoms with Gasteiger partial charge in [0.1, 0.15) is 5.82 Å². The lowest BCUT2D eigenvalue weighted by Crippen LogP contribution is -2.28. The minimum Gasteiger partial charge on any atom is -0.478 e. The number of carbonyl (C=O) groups is 2. The van der Waals surface area contributed by atoms with E-state index < -0.39 is 17.7 Å². The number of benzene rings is 2. The Morgan fingerprint density at radius 3 is 2.43 bits per heavy atom. The van der Waals surface area contributed by atoms with Crippen molar-refractivity contribution < 1.29 is 19.1 Å². The Morgan fingerprint density at radius 2 is 1.86 bits per heavy atom. The van der Waals surface area contributed by atoms with E-state index in [4.69, 9.17) is 0 Å². The number of rotatable bonds is 6. The number of halogens is 2. The molecule has 1 unspecified atom stereocenters. The highest BCUT2D eigenvalue weighted by atomic mass is 79.9. The number of carboxylic acids is 1. The Balaban J connectivity index is 1.87. The fourth-order valence-corrected chi connectivity index (χ4v) is 3.28. The van der Waals surface area contributed by atoms with Crippen LogP contribution in [0.5, 0.6) is 0 Å². The Hall–Kier alpha value is -2.80. The van der Waals surface area contributed by atoms with Crippen LogP contribution in [0.25, 0.3) is 6.08 Å². The highest BCUT2D eigenvalue weighted by Crippen LogP contribution is 2.30. The van der Waals surface area contributed by atoms with E-state index in [9.17, 15) is 19.1 Å². The molecule has 5 nitrogen and oxygen atoms in total. The average molecular weight is 445 g/mol. The molecule has 2 aromatic carbocycles. The zero-order valence-corrected chi connectivity index (χ0v) is 16.7. The minimum absolute atomic E-state index is 0.0363. The number of hydrogen-bond acceptors (Lipinski definition) is 3. The Kier molecular flexibility index (Phi) is 6.04. The summed E-state index contributed by atoms with van der Waals surface area (Å²) in [5.74, 6) is -2.46. The summed E-state index contributed by atoms with van der Waals surface area (Å²) in [7, 11) is 0. The highest BCUT2D eigenvalue weighted by Gasteiger charge is 2.37. The molecular weight excluding hydrogens is 427 g/mol. The molecule has 0 radical (unpaired) electrons. The van der Waals surface area contributed by atoms with Crippen LogP contribution in [0.2, 0.25) is 0 Å². The van der Waals surface area contributed by atoms with Gasteiger partial charge in [-0.2, -0.15) is 5.10 Å². The lowest BCUT2D eigenvalue weighted by atomic mass is 9.92. The van der Waals surface area contributed by atoms with E-state index in [1.165, 1.54) is 29.3 Å². The van der Waals surface area contributed by atoms with E-state index in [0.29, 0.717) is 17.8 Å². The van der Waals surface area contributed by atoms with Gasteiger partial charge in [-0.25, -0.2) is 14.2 Å². The number of amides is 1. The summed E-state index contributed by atoms with van der Waals surface area (Å²) >= 11 is 3.34. The third-order valence-corrected chi connectivity index (χ3v) is 5.01. The second-order valence-electron chi connectivity index (χ2n) is 6.35. The van der Waals surface area contributed by atoms with Crippen LogP contribution in [0.3, 0.4) is 0 Å². The molecule has 0 bridgehead atoms. The summed E-state index contributed by atoms with van der Waals surface area (Å²) in [5, 5.41) is 15.2. The molecule has 7 heteroatoms. The molecule has 1 N–H and O–H groups in total. The number of nitrogens with zero attached hydrogens (tertiary/aromatic N) is 2. The summed E-state index contributed by atoms with van der Waals surface area (Å²) in [6.07, 6.45) is 2.11. The largest absolute Gasteiger partial charge is 0.478 e. The second-order valence-corrected chi connectivity index (χ2v) is 7.27. The molecule has 1 aliphatic rings. The Labute approximate surface area is 170 Å². The van der Waals surface area contributed by atoms with Crippen molar-refractivity contribution in [3.05, 3.63) is 70.0 Å². The molecule has 1 heterocycles. The van der Waals surface area contributed by atoms with Gasteiger partial charge in [-0.3, -0.25) is 4.79 Å². The molecule has 0 saturated carbocycles. The third-order valence-electron chi connectivity index (χ3n) is 4.48. The summed E-state index contributed by atoms with van der Waals surface area (Å²) in [6.45, 7) is 1.87. The lowest BCUT2D eigenvalue weighted by Gasteiger charge is -2.15. The number of hydrazone groups is 1. The summed E-state index contributed by atoms with van der Waals surface area (Å²) in [6, 6.07) is 12.7. The van der Waals surface area contributed by atoms with E-state index in [0.717, 1.165) is 10.0 Å². The second kappa shape index (κ2) is 8.48. The highest BCUT2D eigenvalue weighted by molar-refractivity contribution is 9.10. The van der Waals surface area contributed by atoms with E-state index in [2.05, 4.69) is 21.0 Å². The predicted molar refractivity (Wildman–Crippen MR) is 109 cm³/mol. The van der Waals surface area contributed by atoms with Crippen molar-refractivity contribution in [3.63, 3.8) is 0 Å². The van der Waals surface area contributed by atoms with Gasteiger partial charge in [-0.1, -0.05) is 35.0 Å². The number of carbonyl (C=O) groups excluding carboxylic acids is 1. The molecule has 0 aromatic heterocycles. The van der Waals surface area contributed by atoms with Gasteiger partial charge in [0.2, 0.25) is 0 Å². The van der Waals surface area contributed by atoms with Crippen molar-refractivity contribution >= 4 is 45.3 Å². The Morgan fingerprint density at radius 1 is 1.21 bits per heavy atom. The predicted octanol–water partition coefficient (Wildman–Crippen LogP) is 4.88. The molecule has 0 aliphatic carbocycles. The van der Waals surface area contributed by atoms with Gasteiger partial charge in [0.15, 0.2) is 0 Å². The maximum Gasteiger partial charge on any atom is 0.331 e. The number of carboxylic acid groups (broad SMARTS) is 1. The van der Waals surface area contributed by atoms with E-state index >= 15 is 0 Å². The summed E-state index contributed by atoms with van der Waals surface area (Å²) < 4.78 is 14.1. The molecular formula is C21H18BrFN2O3. The fourth-order valence-electron chi connectivity index (χ4n) is 3.02. The van der Waals surface area contributed by atoms with E-state index in [-0.39, 0.29) is 17.9 Å². The van der Waals surface area contributed by atoms with Gasteiger partial charge in [0.25, 0.3) is 5.91 Å². The molecule has 1 aliphatic heterocycles. The molecule has 0 fully saturated rings. The first-order valence-corrected chi connectivity index (χ1v) is 9.54. The molecule has 1 amide bonds. The van der Waals surface area contributed by atoms with Crippen molar-refractivity contribution in [2.75, 3.05) is 5.01 Å². The van der Waals surface area contributed by atoms with Crippen LogP contribution in [0.4, 0.5) is 10.1 Å². The zero-order valence-electron chi connectivity index (χ0n) is 15.1. The zero-order chi connectivity index (χ0) is 20.3. The van der Waals surface area contributed by atoms with Gasteiger partial charge in [0, 0.05) is 10.0 Å². The van der Waals surface area contributed by atoms with Crippen LogP contribution in [-0.2, 0) is 9.59 Å². The first kappa shape index (κ1) is 19.9. The molecule has 0 saturated heterocycles. The number of anilines is 1. The molecule has 2 aromatic rings. The van der Waals surface area contributed by atoms with Crippen molar-refractivity contribution in [3.8, 4) is 0 Å². The maximum absolute atomic E-state index is 13.2. The van der Waals surface area contributed by atoms with Crippen LogP contribution in [0.1, 0.15) is 25.3 Å². The smallest absolute Gasteiger partial charge is 0.331 e. The Bertz CT molecular complexity index is 953. The van der Waals surface area contributed by atoms with Gasteiger partial charge >= 0.3 is 5.97 Å². The first-order chi connectivity index (χ1) is 13.4. The monoisotopic (exact) mass is 444 g/mol. The molecule has 0 spiro atoms. The molecule has 28 heavy (non-hydrogen) atoms. The summed E-state index contributed by atoms with van der Waals surface area (Å²) in [5.41, 5.74) is 1.92. The standard InChI is InChI=1S/C21H18BrFN2O3/c1-2-19-18(20(26)25(24-19)17-9-7-16(23)8-10-17)12-14(21(27)28)11-13-3-5-15(22)6-4-13/h3-11,18H,2,12H2,1H3,(H,27,28)/b14-11-. The van der Waals surface area contributed by atoms with Crippen LogP contribution in [0, 0.1) is 11.7 Å². The van der Waals surface area contributed by atoms with Crippen molar-refractivity contribution in [2.45, 2.75) is 19.8 Å². The van der Waals surface area contributed by atoms with Crippen LogP contribution in [0.15, 0.2) is 63.7 Å². The first-order valence-electron chi connectivity index (χ1n) is 8.75. The lowest BCUT2D eigenvalue weighted by molar-refractivity contribution is -0.132. The van der Waals surface area contributed by atoms with Crippen molar-refractivity contribution in [1.82, 2.24) is 0 Å². The topological polar surface area (TPSA) is 70.0 Å². The summed E-state index contributed by atoms with van der Waals surface area (Å²) in [4.78, 5) is 24.7. The van der Waals surface area contributed by atoms with Gasteiger partial charge in [0.05, 0.1) is 17.3 Å². The van der Waals surface area contributed by atoms with Crippen LogP contribution >= 0.6 is 15.9 Å². The minimum atomic E-state index is -1.08.